The summed E-state index contributed by atoms with van der Waals surface area (Å²) < 4.78 is 26.3. The zero-order valence-electron chi connectivity index (χ0n) is 11.5. The molecule has 0 saturated heterocycles. The van der Waals surface area contributed by atoms with Gasteiger partial charge in [-0.05, 0) is 26.8 Å². The summed E-state index contributed by atoms with van der Waals surface area (Å²) in [6.45, 7) is 6.00. The molecule has 1 rings (SSSR count). The average Bonchev–Trinajstić information content (AvgIpc) is 2.27. The number of hydrogen-bond acceptors (Lipinski definition) is 2. The van der Waals surface area contributed by atoms with Crippen molar-refractivity contribution in [2.24, 2.45) is 0 Å². The van der Waals surface area contributed by atoms with Crippen molar-refractivity contribution in [1.29, 1.82) is 0 Å². The van der Waals surface area contributed by atoms with E-state index in [1.54, 1.807) is 6.92 Å². The predicted molar refractivity (Wildman–Crippen MR) is 70.7 cm³/mol. The Morgan fingerprint density at radius 2 is 1.95 bits per heavy atom. The number of rotatable bonds is 6. The van der Waals surface area contributed by atoms with Gasteiger partial charge in [-0.25, -0.2) is 8.78 Å². The minimum atomic E-state index is -0.593. The maximum Gasteiger partial charge on any atom is 0.221 e. The maximum absolute atomic E-state index is 13.5. The molecule has 2 N–H and O–H groups in total. The van der Waals surface area contributed by atoms with E-state index in [0.29, 0.717) is 18.5 Å². The lowest BCUT2D eigenvalue weighted by molar-refractivity contribution is -0.121. The van der Waals surface area contributed by atoms with Crippen LogP contribution in [0, 0.1) is 11.6 Å². The van der Waals surface area contributed by atoms with Crippen LogP contribution in [0.4, 0.5) is 8.78 Å². The van der Waals surface area contributed by atoms with Crippen LogP contribution in [0.1, 0.15) is 38.8 Å². The van der Waals surface area contributed by atoms with Crippen molar-refractivity contribution in [3.63, 3.8) is 0 Å². The lowest BCUT2D eigenvalue weighted by atomic mass is 10.1. The molecule has 19 heavy (non-hydrogen) atoms. The predicted octanol–water partition coefficient (Wildman–Crippen LogP) is 2.53. The van der Waals surface area contributed by atoms with Crippen LogP contribution in [0.3, 0.4) is 0 Å². The molecule has 0 radical (unpaired) electrons. The van der Waals surface area contributed by atoms with Gasteiger partial charge in [-0.15, -0.1) is 0 Å². The molecule has 1 amide bonds. The lowest BCUT2D eigenvalue weighted by Crippen LogP contribution is -2.33. The first kappa shape index (κ1) is 15.6. The minimum absolute atomic E-state index is 0.0470. The summed E-state index contributed by atoms with van der Waals surface area (Å²) >= 11 is 0. The quantitative estimate of drug-likeness (QED) is 0.834. The van der Waals surface area contributed by atoms with Gasteiger partial charge in [0.2, 0.25) is 5.91 Å². The molecule has 0 bridgehead atoms. The molecule has 3 nitrogen and oxygen atoms in total. The SMILES string of the molecule is CC(C)NC(=O)CCNC(C)c1ccc(F)cc1F. The number of carbonyl (C=O) groups excluding carboxylic acids is 1. The maximum atomic E-state index is 13.5. The van der Waals surface area contributed by atoms with Gasteiger partial charge in [-0.3, -0.25) is 4.79 Å². The van der Waals surface area contributed by atoms with Gasteiger partial charge in [-0.1, -0.05) is 6.07 Å². The molecule has 0 spiro atoms. The van der Waals surface area contributed by atoms with Crippen molar-refractivity contribution in [1.82, 2.24) is 10.6 Å². The van der Waals surface area contributed by atoms with Crippen LogP contribution in [0.5, 0.6) is 0 Å². The zero-order valence-corrected chi connectivity index (χ0v) is 11.5. The molecule has 1 aromatic carbocycles. The molecule has 0 aliphatic rings. The van der Waals surface area contributed by atoms with Crippen molar-refractivity contribution < 1.29 is 13.6 Å². The summed E-state index contributed by atoms with van der Waals surface area (Å²) in [7, 11) is 0. The standard InChI is InChI=1S/C14H20F2N2O/c1-9(2)18-14(19)6-7-17-10(3)12-5-4-11(15)8-13(12)16/h4-5,8-10,17H,6-7H2,1-3H3,(H,18,19). The summed E-state index contributed by atoms with van der Waals surface area (Å²) in [5.41, 5.74) is 0.394. The Morgan fingerprint density at radius 3 is 2.53 bits per heavy atom. The highest BCUT2D eigenvalue weighted by atomic mass is 19.1. The Bertz CT molecular complexity index is 435. The van der Waals surface area contributed by atoms with E-state index in [2.05, 4.69) is 10.6 Å². The van der Waals surface area contributed by atoms with E-state index in [4.69, 9.17) is 0 Å². The number of halogens is 2. The fraction of sp³-hybridized carbons (Fsp3) is 0.500. The number of nitrogens with one attached hydrogen (secondary N) is 2. The van der Waals surface area contributed by atoms with Crippen molar-refractivity contribution >= 4 is 5.91 Å². The summed E-state index contributed by atoms with van der Waals surface area (Å²) in [6, 6.07) is 3.34. The van der Waals surface area contributed by atoms with Crippen molar-refractivity contribution in [2.45, 2.75) is 39.3 Å². The number of amides is 1. The third-order valence-corrected chi connectivity index (χ3v) is 2.68. The zero-order chi connectivity index (χ0) is 14.4. The fourth-order valence-electron chi connectivity index (χ4n) is 1.76. The molecule has 0 heterocycles. The van der Waals surface area contributed by atoms with E-state index in [1.165, 1.54) is 12.1 Å². The second kappa shape index (κ2) is 7.19. The van der Waals surface area contributed by atoms with Crippen LogP contribution < -0.4 is 10.6 Å². The fourth-order valence-corrected chi connectivity index (χ4v) is 1.76. The van der Waals surface area contributed by atoms with E-state index in [0.717, 1.165) is 6.07 Å². The van der Waals surface area contributed by atoms with Gasteiger partial charge in [0, 0.05) is 36.7 Å². The normalized spacial score (nSPS) is 12.5. The Morgan fingerprint density at radius 1 is 1.26 bits per heavy atom. The van der Waals surface area contributed by atoms with E-state index in [1.807, 2.05) is 13.8 Å². The van der Waals surface area contributed by atoms with Crippen molar-refractivity contribution in [3.8, 4) is 0 Å². The van der Waals surface area contributed by atoms with Gasteiger partial charge in [0.25, 0.3) is 0 Å². The van der Waals surface area contributed by atoms with Gasteiger partial charge in [0.15, 0.2) is 0 Å². The second-order valence-electron chi connectivity index (χ2n) is 4.81. The molecule has 1 atom stereocenters. The Hall–Kier alpha value is -1.49. The molecule has 1 aromatic rings. The molecule has 1 unspecified atom stereocenters. The molecule has 106 valence electrons. The van der Waals surface area contributed by atoms with Crippen molar-refractivity contribution in [2.75, 3.05) is 6.54 Å². The van der Waals surface area contributed by atoms with Gasteiger partial charge in [0.05, 0.1) is 0 Å². The first-order valence-corrected chi connectivity index (χ1v) is 6.38. The second-order valence-corrected chi connectivity index (χ2v) is 4.81. The Labute approximate surface area is 112 Å². The molecule has 0 aromatic heterocycles. The molecule has 0 aliphatic heterocycles. The third-order valence-electron chi connectivity index (χ3n) is 2.68. The summed E-state index contributed by atoms with van der Waals surface area (Å²) in [5, 5.41) is 5.81. The van der Waals surface area contributed by atoms with E-state index < -0.39 is 11.6 Å². The molecular formula is C14H20F2N2O. The van der Waals surface area contributed by atoms with Crippen molar-refractivity contribution in [3.05, 3.63) is 35.4 Å². The largest absolute Gasteiger partial charge is 0.354 e. The first-order chi connectivity index (χ1) is 8.90. The molecule has 5 heteroatoms. The van der Waals surface area contributed by atoms with Crippen LogP contribution in [0.2, 0.25) is 0 Å². The van der Waals surface area contributed by atoms with E-state index in [-0.39, 0.29) is 18.0 Å². The van der Waals surface area contributed by atoms with Gasteiger partial charge < -0.3 is 10.6 Å². The first-order valence-electron chi connectivity index (χ1n) is 6.38. The number of carbonyl (C=O) groups is 1. The molecule has 0 fully saturated rings. The number of hydrogen-bond donors (Lipinski definition) is 2. The van der Waals surface area contributed by atoms with Gasteiger partial charge in [-0.2, -0.15) is 0 Å². The summed E-state index contributed by atoms with van der Waals surface area (Å²) in [5.74, 6) is -1.22. The third kappa shape index (κ3) is 5.34. The van der Waals surface area contributed by atoms with Crippen LogP contribution in [0.15, 0.2) is 18.2 Å². The van der Waals surface area contributed by atoms with Crippen LogP contribution in [0.25, 0.3) is 0 Å². The highest BCUT2D eigenvalue weighted by Crippen LogP contribution is 2.17. The monoisotopic (exact) mass is 270 g/mol. The number of benzene rings is 1. The Kier molecular flexibility index (Phi) is 5.89. The molecule has 0 aliphatic carbocycles. The van der Waals surface area contributed by atoms with Crippen LogP contribution in [-0.4, -0.2) is 18.5 Å². The molecule has 0 saturated carbocycles. The van der Waals surface area contributed by atoms with E-state index >= 15 is 0 Å². The average molecular weight is 270 g/mol. The topological polar surface area (TPSA) is 41.1 Å². The highest BCUT2D eigenvalue weighted by molar-refractivity contribution is 5.76. The lowest BCUT2D eigenvalue weighted by Gasteiger charge is -2.15. The van der Waals surface area contributed by atoms with E-state index in [9.17, 15) is 13.6 Å². The summed E-state index contributed by atoms with van der Waals surface area (Å²) in [4.78, 5) is 11.4. The Balaban J connectivity index is 2.43. The smallest absolute Gasteiger partial charge is 0.221 e. The van der Waals surface area contributed by atoms with Gasteiger partial charge in [0.1, 0.15) is 11.6 Å². The summed E-state index contributed by atoms with van der Waals surface area (Å²) in [6.07, 6.45) is 0.325. The van der Waals surface area contributed by atoms with Crippen LogP contribution >= 0.6 is 0 Å². The minimum Gasteiger partial charge on any atom is -0.354 e. The highest BCUT2D eigenvalue weighted by Gasteiger charge is 2.11. The molecular weight excluding hydrogens is 250 g/mol. The van der Waals surface area contributed by atoms with Crippen LogP contribution in [-0.2, 0) is 4.79 Å². The van der Waals surface area contributed by atoms with Gasteiger partial charge >= 0.3 is 0 Å².